The number of carbonyl (C=O) groups is 1. The molecule has 5 rings (SSSR count). The standard InChI is InChI=1S/C29H39FN4O4S/c1-20-5-8-28(32-31-20)39(37,38)14-11-21-9-12-33(13-10-21)17-24-18-34(27(29(35)36)15-22-6-7-22)19-26(24)23-3-2-4-25(30)16-23/h2-5,8,16,21-22,24,26-27H,6-7,9-15,17-19H2,1H3,(H,35,36)/t24-,26+,27+/m0/s1. The molecule has 10 heteroatoms. The van der Waals surface area contributed by atoms with Crippen molar-refractivity contribution in [3.05, 3.63) is 53.5 Å². The Kier molecular flexibility index (Phi) is 8.63. The van der Waals surface area contributed by atoms with Gasteiger partial charge in [0.15, 0.2) is 14.9 Å². The molecule has 2 aliphatic heterocycles. The van der Waals surface area contributed by atoms with Crippen LogP contribution in [0.4, 0.5) is 4.39 Å². The van der Waals surface area contributed by atoms with Crippen molar-refractivity contribution >= 4 is 15.8 Å². The summed E-state index contributed by atoms with van der Waals surface area (Å²) in [6.45, 7) is 5.70. The van der Waals surface area contributed by atoms with Crippen LogP contribution >= 0.6 is 0 Å². The van der Waals surface area contributed by atoms with E-state index in [1.54, 1.807) is 25.1 Å². The first-order valence-electron chi connectivity index (χ1n) is 14.2. The maximum Gasteiger partial charge on any atom is 0.320 e. The Morgan fingerprint density at radius 1 is 1.08 bits per heavy atom. The van der Waals surface area contributed by atoms with Crippen molar-refractivity contribution in [3.8, 4) is 0 Å². The van der Waals surface area contributed by atoms with E-state index < -0.39 is 21.8 Å². The van der Waals surface area contributed by atoms with Gasteiger partial charge in [0.1, 0.15) is 11.9 Å². The van der Waals surface area contributed by atoms with Gasteiger partial charge in [0.05, 0.1) is 11.4 Å². The van der Waals surface area contributed by atoms with Gasteiger partial charge in [-0.3, -0.25) is 9.69 Å². The van der Waals surface area contributed by atoms with Crippen molar-refractivity contribution < 1.29 is 22.7 Å². The summed E-state index contributed by atoms with van der Waals surface area (Å²) >= 11 is 0. The highest BCUT2D eigenvalue weighted by Gasteiger charge is 2.42. The van der Waals surface area contributed by atoms with Gasteiger partial charge in [-0.2, -0.15) is 5.10 Å². The molecular formula is C29H39FN4O4S. The maximum absolute atomic E-state index is 14.1. The second kappa shape index (κ2) is 12.0. The molecule has 3 atom stereocenters. The molecule has 3 fully saturated rings. The molecule has 2 aromatic rings. The summed E-state index contributed by atoms with van der Waals surface area (Å²) in [6.07, 6.45) is 5.38. The van der Waals surface area contributed by atoms with Crippen molar-refractivity contribution in [2.45, 2.75) is 62.4 Å². The minimum Gasteiger partial charge on any atom is -0.480 e. The fourth-order valence-electron chi connectivity index (χ4n) is 6.30. The monoisotopic (exact) mass is 558 g/mol. The highest BCUT2D eigenvalue weighted by atomic mass is 32.2. The van der Waals surface area contributed by atoms with Crippen molar-refractivity contribution in [2.24, 2.45) is 17.8 Å². The van der Waals surface area contributed by atoms with Crippen molar-refractivity contribution in [3.63, 3.8) is 0 Å². The van der Waals surface area contributed by atoms with E-state index in [9.17, 15) is 22.7 Å². The van der Waals surface area contributed by atoms with Crippen molar-refractivity contribution in [1.82, 2.24) is 20.0 Å². The molecule has 212 valence electrons. The molecule has 3 heterocycles. The number of hydrogen-bond acceptors (Lipinski definition) is 7. The molecule has 1 aromatic carbocycles. The number of aryl methyl sites for hydroxylation is 1. The van der Waals surface area contributed by atoms with Crippen molar-refractivity contribution in [2.75, 3.05) is 38.5 Å². The van der Waals surface area contributed by atoms with Gasteiger partial charge in [-0.05, 0) is 93.3 Å². The smallest absolute Gasteiger partial charge is 0.320 e. The molecule has 1 aliphatic carbocycles. The van der Waals surface area contributed by atoms with Crippen LogP contribution in [0.3, 0.4) is 0 Å². The number of carboxylic acids is 1. The number of likely N-dealkylation sites (tertiary alicyclic amines) is 2. The van der Waals surface area contributed by atoms with Crippen LogP contribution in [0.1, 0.15) is 55.7 Å². The number of hydrogen-bond donors (Lipinski definition) is 1. The zero-order chi connectivity index (χ0) is 27.6. The first-order valence-corrected chi connectivity index (χ1v) is 15.8. The van der Waals surface area contributed by atoms with Gasteiger partial charge < -0.3 is 10.0 Å². The second-order valence-corrected chi connectivity index (χ2v) is 13.8. The third kappa shape index (κ3) is 7.21. The minimum absolute atomic E-state index is 0.0427. The minimum atomic E-state index is -3.45. The lowest BCUT2D eigenvalue weighted by Gasteiger charge is -2.34. The van der Waals surface area contributed by atoms with Crippen LogP contribution in [-0.2, 0) is 14.6 Å². The molecule has 1 N–H and O–H groups in total. The largest absolute Gasteiger partial charge is 0.480 e. The third-order valence-electron chi connectivity index (χ3n) is 8.81. The molecule has 1 aromatic heterocycles. The molecule has 0 amide bonds. The number of aliphatic carboxylic acids is 1. The lowest BCUT2D eigenvalue weighted by Crippen LogP contribution is -2.42. The van der Waals surface area contributed by atoms with Gasteiger partial charge >= 0.3 is 5.97 Å². The van der Waals surface area contributed by atoms with Gasteiger partial charge in [-0.25, -0.2) is 12.8 Å². The fraction of sp³-hybridized carbons (Fsp3) is 0.621. The first-order chi connectivity index (χ1) is 18.7. The predicted molar refractivity (Wildman–Crippen MR) is 146 cm³/mol. The Morgan fingerprint density at radius 3 is 2.49 bits per heavy atom. The van der Waals surface area contributed by atoms with E-state index in [1.165, 1.54) is 12.1 Å². The van der Waals surface area contributed by atoms with E-state index >= 15 is 0 Å². The van der Waals surface area contributed by atoms with Crippen LogP contribution in [0.15, 0.2) is 41.4 Å². The molecular weight excluding hydrogens is 519 g/mol. The SMILES string of the molecule is Cc1ccc(S(=O)(=O)CCC2CCN(C[C@H]3CN([C@H](CC4CC4)C(=O)O)C[C@@H]3c3cccc(F)c3)CC2)nn1. The van der Waals surface area contributed by atoms with Crippen molar-refractivity contribution in [1.29, 1.82) is 0 Å². The second-order valence-electron chi connectivity index (χ2n) is 11.8. The van der Waals surface area contributed by atoms with E-state index in [0.29, 0.717) is 43.5 Å². The van der Waals surface area contributed by atoms with Crippen LogP contribution in [0.2, 0.25) is 0 Å². The normalized spacial score (nSPS) is 24.2. The van der Waals surface area contributed by atoms with Crippen LogP contribution < -0.4 is 0 Å². The quantitative estimate of drug-likeness (QED) is 0.445. The maximum atomic E-state index is 14.1. The van der Waals surface area contributed by atoms with E-state index in [0.717, 1.165) is 50.9 Å². The van der Waals surface area contributed by atoms with Gasteiger partial charge in [-0.1, -0.05) is 25.0 Å². The molecule has 3 aliphatic rings. The Balaban J connectivity index is 1.18. The lowest BCUT2D eigenvalue weighted by atomic mass is 9.87. The number of halogens is 1. The highest BCUT2D eigenvalue weighted by Crippen LogP contribution is 2.39. The number of aromatic nitrogens is 2. The number of sulfone groups is 1. The van der Waals surface area contributed by atoms with Gasteiger partial charge in [0.25, 0.3) is 0 Å². The van der Waals surface area contributed by atoms with Gasteiger partial charge in [0.2, 0.25) is 0 Å². The number of rotatable bonds is 11. The summed E-state index contributed by atoms with van der Waals surface area (Å²) in [6, 6.07) is 9.48. The summed E-state index contributed by atoms with van der Waals surface area (Å²) in [5.74, 6) is 0.205. The topological polar surface area (TPSA) is 104 Å². The average molecular weight is 559 g/mol. The Hall–Kier alpha value is -2.43. The predicted octanol–water partition coefficient (Wildman–Crippen LogP) is 3.77. The molecule has 2 saturated heterocycles. The zero-order valence-electron chi connectivity index (χ0n) is 22.6. The summed E-state index contributed by atoms with van der Waals surface area (Å²) in [5.41, 5.74) is 1.63. The van der Waals surface area contributed by atoms with E-state index in [-0.39, 0.29) is 28.4 Å². The summed E-state index contributed by atoms with van der Waals surface area (Å²) in [5, 5.41) is 17.8. The first kappa shape index (κ1) is 28.1. The molecule has 0 spiro atoms. The van der Waals surface area contributed by atoms with Crippen LogP contribution in [-0.4, -0.2) is 84.0 Å². The Morgan fingerprint density at radius 2 is 1.85 bits per heavy atom. The Labute approximate surface area is 230 Å². The lowest BCUT2D eigenvalue weighted by molar-refractivity contribution is -0.143. The highest BCUT2D eigenvalue weighted by molar-refractivity contribution is 7.91. The fourth-order valence-corrected chi connectivity index (χ4v) is 7.60. The van der Waals surface area contributed by atoms with E-state index in [1.807, 2.05) is 6.07 Å². The van der Waals surface area contributed by atoms with E-state index in [2.05, 4.69) is 20.0 Å². The van der Waals surface area contributed by atoms with Crippen LogP contribution in [0.5, 0.6) is 0 Å². The molecule has 0 unspecified atom stereocenters. The third-order valence-corrected chi connectivity index (χ3v) is 10.4. The van der Waals surface area contributed by atoms with Crippen LogP contribution in [0, 0.1) is 30.5 Å². The van der Waals surface area contributed by atoms with Gasteiger partial charge in [0, 0.05) is 25.6 Å². The molecule has 0 bridgehead atoms. The number of carboxylic acid groups (broad SMARTS) is 1. The molecule has 0 radical (unpaired) electrons. The summed E-state index contributed by atoms with van der Waals surface area (Å²) in [4.78, 5) is 16.7. The molecule has 8 nitrogen and oxygen atoms in total. The van der Waals surface area contributed by atoms with Gasteiger partial charge in [-0.15, -0.1) is 5.10 Å². The van der Waals surface area contributed by atoms with E-state index in [4.69, 9.17) is 0 Å². The summed E-state index contributed by atoms with van der Waals surface area (Å²) < 4.78 is 39.5. The molecule has 39 heavy (non-hydrogen) atoms. The molecule has 1 saturated carbocycles. The average Bonchev–Trinajstić information content (AvgIpc) is 3.65. The number of piperidine rings is 1. The number of nitrogens with zero attached hydrogens (tertiary/aromatic N) is 4. The zero-order valence-corrected chi connectivity index (χ0v) is 23.4. The number of benzene rings is 1. The Bertz CT molecular complexity index is 1250. The van der Waals surface area contributed by atoms with Crippen LogP contribution in [0.25, 0.3) is 0 Å². The summed E-state index contributed by atoms with van der Waals surface area (Å²) in [7, 11) is -3.45.